The molecule has 1 atom stereocenters. The fourth-order valence-corrected chi connectivity index (χ4v) is 2.02. The minimum Gasteiger partial charge on any atom is -0.348 e. The van der Waals surface area contributed by atoms with Gasteiger partial charge >= 0.3 is 0 Å². The highest BCUT2D eigenvalue weighted by Gasteiger charge is 2.14. The number of halogens is 1. The van der Waals surface area contributed by atoms with Gasteiger partial charge in [0.15, 0.2) is 0 Å². The molecule has 0 bridgehead atoms. The van der Waals surface area contributed by atoms with Gasteiger partial charge in [-0.1, -0.05) is 36.7 Å². The molecule has 1 aromatic heterocycles. The minimum atomic E-state index is -0.420. The molecule has 0 spiro atoms. The molecule has 0 aliphatic heterocycles. The summed E-state index contributed by atoms with van der Waals surface area (Å²) in [6, 6.07) is 11.7. The highest BCUT2D eigenvalue weighted by Crippen LogP contribution is 2.20. The lowest BCUT2D eigenvalue weighted by Gasteiger charge is -2.11. The van der Waals surface area contributed by atoms with Gasteiger partial charge < -0.3 is 10.6 Å². The maximum atomic E-state index is 12.3. The van der Waals surface area contributed by atoms with E-state index in [1.54, 1.807) is 42.5 Å². The van der Waals surface area contributed by atoms with E-state index in [1.807, 2.05) is 13.8 Å². The number of rotatable bonds is 5. The Balaban J connectivity index is 2.14. The van der Waals surface area contributed by atoms with E-state index >= 15 is 0 Å². The molecule has 1 unspecified atom stereocenters. The first kappa shape index (κ1) is 17.0. The van der Waals surface area contributed by atoms with Gasteiger partial charge in [-0.05, 0) is 37.6 Å². The first-order valence-corrected chi connectivity index (χ1v) is 7.73. The topological polar surface area (TPSA) is 71.1 Å². The summed E-state index contributed by atoms with van der Waals surface area (Å²) in [5, 5.41) is 5.93. The van der Waals surface area contributed by atoms with Gasteiger partial charge in [-0.25, -0.2) is 4.98 Å². The lowest BCUT2D eigenvalue weighted by Crippen LogP contribution is -2.32. The maximum absolute atomic E-state index is 12.3. The summed E-state index contributed by atoms with van der Waals surface area (Å²) in [5.74, 6) is -0.719. The number of amides is 2. The Kier molecular flexibility index (Phi) is 5.71. The quantitative estimate of drug-likeness (QED) is 0.880. The average Bonchev–Trinajstić information content (AvgIpc) is 2.56. The van der Waals surface area contributed by atoms with Gasteiger partial charge in [0.25, 0.3) is 11.8 Å². The second-order valence-corrected chi connectivity index (χ2v) is 5.53. The van der Waals surface area contributed by atoms with Crippen LogP contribution >= 0.6 is 11.6 Å². The third-order valence-corrected chi connectivity index (χ3v) is 3.66. The van der Waals surface area contributed by atoms with Crippen LogP contribution in [0.3, 0.4) is 0 Å². The lowest BCUT2D eigenvalue weighted by atomic mass is 10.2. The van der Waals surface area contributed by atoms with Crippen molar-refractivity contribution in [3.63, 3.8) is 0 Å². The highest BCUT2D eigenvalue weighted by atomic mass is 35.5. The van der Waals surface area contributed by atoms with E-state index in [-0.39, 0.29) is 23.3 Å². The number of hydrogen-bond acceptors (Lipinski definition) is 3. The number of carbonyl (C=O) groups excluding carboxylic acids is 2. The summed E-state index contributed by atoms with van der Waals surface area (Å²) in [7, 11) is 0. The molecule has 0 saturated carbocycles. The van der Waals surface area contributed by atoms with Crippen molar-refractivity contribution in [2.75, 3.05) is 5.32 Å². The van der Waals surface area contributed by atoms with Crippen molar-refractivity contribution in [2.24, 2.45) is 0 Å². The number of nitrogens with zero attached hydrogens (tertiary/aromatic N) is 1. The molecular weight excluding hydrogens is 314 g/mol. The van der Waals surface area contributed by atoms with Gasteiger partial charge in [-0.2, -0.15) is 0 Å². The summed E-state index contributed by atoms with van der Waals surface area (Å²) in [5.41, 5.74) is 0.856. The molecule has 2 amide bonds. The zero-order valence-electron chi connectivity index (χ0n) is 13.0. The largest absolute Gasteiger partial charge is 0.348 e. The van der Waals surface area contributed by atoms with Gasteiger partial charge in [-0.3, -0.25) is 9.59 Å². The van der Waals surface area contributed by atoms with Crippen LogP contribution in [0.4, 0.5) is 5.69 Å². The monoisotopic (exact) mass is 331 g/mol. The summed E-state index contributed by atoms with van der Waals surface area (Å²) >= 11 is 6.01. The molecule has 0 fully saturated rings. The number of anilines is 1. The summed E-state index contributed by atoms with van der Waals surface area (Å²) in [6.45, 7) is 3.89. The second kappa shape index (κ2) is 7.74. The molecule has 2 rings (SSSR count). The molecule has 5 nitrogen and oxygen atoms in total. The smallest absolute Gasteiger partial charge is 0.274 e. The van der Waals surface area contributed by atoms with E-state index in [2.05, 4.69) is 15.6 Å². The van der Waals surface area contributed by atoms with E-state index < -0.39 is 5.91 Å². The highest BCUT2D eigenvalue weighted by molar-refractivity contribution is 6.33. The third-order valence-electron chi connectivity index (χ3n) is 3.33. The van der Waals surface area contributed by atoms with Crippen LogP contribution in [0.15, 0.2) is 42.5 Å². The number of carbonyl (C=O) groups is 2. The van der Waals surface area contributed by atoms with Crippen LogP contribution in [0.2, 0.25) is 5.02 Å². The number of hydrogen-bond donors (Lipinski definition) is 2. The van der Waals surface area contributed by atoms with Crippen LogP contribution in [-0.2, 0) is 0 Å². The molecule has 2 aromatic rings. The Morgan fingerprint density at radius 1 is 1.09 bits per heavy atom. The van der Waals surface area contributed by atoms with Crippen LogP contribution in [0.1, 0.15) is 41.2 Å². The van der Waals surface area contributed by atoms with Crippen molar-refractivity contribution >= 4 is 29.1 Å². The van der Waals surface area contributed by atoms with E-state index in [0.29, 0.717) is 10.7 Å². The molecule has 0 radical (unpaired) electrons. The first-order chi connectivity index (χ1) is 11.0. The van der Waals surface area contributed by atoms with Crippen molar-refractivity contribution in [1.29, 1.82) is 0 Å². The zero-order chi connectivity index (χ0) is 16.8. The van der Waals surface area contributed by atoms with Gasteiger partial charge in [0.1, 0.15) is 11.4 Å². The number of benzene rings is 1. The summed E-state index contributed by atoms with van der Waals surface area (Å²) in [6.07, 6.45) is 0.818. The Labute approximate surface area is 140 Å². The summed E-state index contributed by atoms with van der Waals surface area (Å²) in [4.78, 5) is 28.4. The fourth-order valence-electron chi connectivity index (χ4n) is 1.84. The lowest BCUT2D eigenvalue weighted by molar-refractivity contribution is 0.0934. The van der Waals surface area contributed by atoms with Gasteiger partial charge in [0.2, 0.25) is 0 Å². The Morgan fingerprint density at radius 2 is 1.74 bits per heavy atom. The average molecular weight is 332 g/mol. The molecule has 1 aromatic carbocycles. The molecule has 2 N–H and O–H groups in total. The van der Waals surface area contributed by atoms with Gasteiger partial charge in [-0.15, -0.1) is 0 Å². The normalized spacial score (nSPS) is 11.6. The van der Waals surface area contributed by atoms with Gasteiger partial charge in [0, 0.05) is 6.04 Å². The Bertz CT molecular complexity index is 718. The van der Waals surface area contributed by atoms with Crippen molar-refractivity contribution in [3.8, 4) is 0 Å². The predicted octanol–water partition coefficient (Wildman–Crippen LogP) is 3.52. The molecule has 0 aliphatic rings. The molecular formula is C17H18ClN3O2. The molecule has 6 heteroatoms. The minimum absolute atomic E-state index is 0.0462. The summed E-state index contributed by atoms with van der Waals surface area (Å²) < 4.78 is 0. The SMILES string of the molecule is CCC(C)NC(=O)c1cccc(C(=O)Nc2ccccc2Cl)n1. The van der Waals surface area contributed by atoms with Crippen molar-refractivity contribution < 1.29 is 9.59 Å². The molecule has 120 valence electrons. The van der Waals surface area contributed by atoms with E-state index in [0.717, 1.165) is 6.42 Å². The number of pyridine rings is 1. The first-order valence-electron chi connectivity index (χ1n) is 7.35. The van der Waals surface area contributed by atoms with E-state index in [1.165, 1.54) is 0 Å². The molecule has 1 heterocycles. The Hall–Kier alpha value is -2.40. The van der Waals surface area contributed by atoms with E-state index in [4.69, 9.17) is 11.6 Å². The number of nitrogens with one attached hydrogen (secondary N) is 2. The molecule has 0 aliphatic carbocycles. The van der Waals surface area contributed by atoms with Gasteiger partial charge in [0.05, 0.1) is 10.7 Å². The van der Waals surface area contributed by atoms with Crippen LogP contribution < -0.4 is 10.6 Å². The Morgan fingerprint density at radius 3 is 2.39 bits per heavy atom. The predicted molar refractivity (Wildman–Crippen MR) is 90.9 cm³/mol. The van der Waals surface area contributed by atoms with E-state index in [9.17, 15) is 9.59 Å². The van der Waals surface area contributed by atoms with Crippen LogP contribution in [0, 0.1) is 0 Å². The fraction of sp³-hybridized carbons (Fsp3) is 0.235. The van der Waals surface area contributed by atoms with Crippen LogP contribution in [0.25, 0.3) is 0 Å². The number of para-hydroxylation sites is 1. The van der Waals surface area contributed by atoms with Crippen molar-refractivity contribution in [3.05, 3.63) is 58.9 Å². The third kappa shape index (κ3) is 4.53. The number of aromatic nitrogens is 1. The van der Waals surface area contributed by atoms with Crippen LogP contribution in [0.5, 0.6) is 0 Å². The zero-order valence-corrected chi connectivity index (χ0v) is 13.7. The standard InChI is InChI=1S/C17H18ClN3O2/c1-3-11(2)19-16(22)14-9-6-10-15(20-14)17(23)21-13-8-5-4-7-12(13)18/h4-11H,3H2,1-2H3,(H,19,22)(H,21,23). The van der Waals surface area contributed by atoms with Crippen LogP contribution in [-0.4, -0.2) is 22.8 Å². The second-order valence-electron chi connectivity index (χ2n) is 5.12. The van der Waals surface area contributed by atoms with Crippen molar-refractivity contribution in [2.45, 2.75) is 26.3 Å². The molecule has 23 heavy (non-hydrogen) atoms. The maximum Gasteiger partial charge on any atom is 0.274 e. The molecule has 0 saturated heterocycles. The van der Waals surface area contributed by atoms with Crippen molar-refractivity contribution in [1.82, 2.24) is 10.3 Å².